The molecule has 0 saturated carbocycles. The molecule has 0 fully saturated rings. The van der Waals surface area contributed by atoms with Crippen LogP contribution in [0, 0.1) is 11.8 Å². The number of carboxylic acid groups (broad SMARTS) is 2. The molecule has 0 aromatic carbocycles. The number of nitrogens with zero attached hydrogens (tertiary/aromatic N) is 2. The van der Waals surface area contributed by atoms with Gasteiger partial charge in [-0.1, -0.05) is 7.43 Å². The molecule has 0 amide bonds. The molecule has 2 aromatic heterocycles. The van der Waals surface area contributed by atoms with Crippen LogP contribution in [0.2, 0.25) is 0 Å². The van der Waals surface area contributed by atoms with Gasteiger partial charge in [-0.25, -0.2) is 0 Å². The molecule has 0 aliphatic heterocycles. The molecule has 2 N–H and O–H groups in total. The van der Waals surface area contributed by atoms with Crippen molar-refractivity contribution >= 4 is 35.3 Å². The molecule has 2 heterocycles. The second-order valence-corrected chi connectivity index (χ2v) is 7.50. The maximum absolute atomic E-state index is 11.8. The Morgan fingerprint density at radius 2 is 1.28 bits per heavy atom. The molecular weight excluding hydrogens is 472 g/mol. The van der Waals surface area contributed by atoms with Gasteiger partial charge < -0.3 is 19.7 Å². The second-order valence-electron chi connectivity index (χ2n) is 7.50. The summed E-state index contributed by atoms with van der Waals surface area (Å²) in [5.74, 6) is -5.79. The topological polar surface area (TPSA) is 178 Å². The minimum atomic E-state index is -1.15. The van der Waals surface area contributed by atoms with Gasteiger partial charge in [0.1, 0.15) is 5.78 Å². The van der Waals surface area contributed by atoms with Crippen LogP contribution in [0.15, 0.2) is 49.1 Å². The van der Waals surface area contributed by atoms with Crippen molar-refractivity contribution in [1.29, 1.82) is 0 Å². The van der Waals surface area contributed by atoms with Crippen LogP contribution in [-0.2, 0) is 23.9 Å². The number of carbonyl (C=O) groups is 6. The molecule has 11 nitrogen and oxygen atoms in total. The highest BCUT2D eigenvalue weighted by Crippen LogP contribution is 2.15. The minimum Gasteiger partial charge on any atom is -0.481 e. The summed E-state index contributed by atoms with van der Waals surface area (Å²) in [7, 11) is 1.16. The van der Waals surface area contributed by atoms with E-state index in [1.165, 1.54) is 31.7 Å². The van der Waals surface area contributed by atoms with Crippen LogP contribution >= 0.6 is 0 Å². The summed E-state index contributed by atoms with van der Waals surface area (Å²) in [4.78, 5) is 74.9. The Morgan fingerprint density at radius 1 is 0.806 bits per heavy atom. The Morgan fingerprint density at radius 3 is 1.61 bits per heavy atom. The standard InChI is InChI=1S/C12H13NO5.C12H13NO4.CH4/c1-18-12(17)9(6-11(15)16)5-10(14)8-3-2-4-13-7-8;1-8(14)5-10(12(16)17)6-11(15)9-3-2-4-13-7-9;/h2-4,7,9H,5-6H2,1H3,(H,15,16);2-4,7,10H,5-6H2,1H3,(H,16,17);1H4. The molecular formula is C25H30N2O9. The maximum atomic E-state index is 11.8. The van der Waals surface area contributed by atoms with E-state index in [9.17, 15) is 28.8 Å². The first-order valence-electron chi connectivity index (χ1n) is 10.4. The molecule has 11 heteroatoms. The zero-order valence-electron chi connectivity index (χ0n) is 19.2. The van der Waals surface area contributed by atoms with Crippen molar-refractivity contribution in [2.45, 2.75) is 40.0 Å². The lowest BCUT2D eigenvalue weighted by Crippen LogP contribution is -2.23. The molecule has 2 aromatic rings. The van der Waals surface area contributed by atoms with Crippen molar-refractivity contribution in [2.24, 2.45) is 11.8 Å². The number of aromatic nitrogens is 2. The number of aliphatic carboxylic acids is 2. The van der Waals surface area contributed by atoms with Crippen molar-refractivity contribution in [3.05, 3.63) is 60.2 Å². The molecule has 2 unspecified atom stereocenters. The van der Waals surface area contributed by atoms with Crippen LogP contribution in [0.4, 0.5) is 0 Å². The van der Waals surface area contributed by atoms with Gasteiger partial charge in [0, 0.05) is 55.2 Å². The van der Waals surface area contributed by atoms with Crippen molar-refractivity contribution in [3.8, 4) is 0 Å². The van der Waals surface area contributed by atoms with E-state index in [4.69, 9.17) is 10.2 Å². The van der Waals surface area contributed by atoms with E-state index in [1.807, 2.05) is 0 Å². The van der Waals surface area contributed by atoms with Crippen molar-refractivity contribution in [1.82, 2.24) is 9.97 Å². The van der Waals surface area contributed by atoms with Gasteiger partial charge in [-0.3, -0.25) is 33.9 Å². The maximum Gasteiger partial charge on any atom is 0.309 e. The third kappa shape index (κ3) is 11.7. The van der Waals surface area contributed by atoms with Crippen LogP contribution in [-0.4, -0.2) is 62.5 Å². The zero-order valence-corrected chi connectivity index (χ0v) is 19.2. The highest BCUT2D eigenvalue weighted by atomic mass is 16.5. The number of carboxylic acids is 2. The fraction of sp³-hybridized carbons (Fsp3) is 0.360. The first-order valence-corrected chi connectivity index (χ1v) is 10.4. The average molecular weight is 503 g/mol. The van der Waals surface area contributed by atoms with Gasteiger partial charge in [-0.05, 0) is 31.2 Å². The molecule has 0 aliphatic rings. The van der Waals surface area contributed by atoms with E-state index in [1.54, 1.807) is 24.3 Å². The van der Waals surface area contributed by atoms with Gasteiger partial charge in [0.15, 0.2) is 11.6 Å². The van der Waals surface area contributed by atoms with Crippen LogP contribution in [0.1, 0.15) is 60.7 Å². The first kappa shape index (κ1) is 31.7. The predicted octanol–water partition coefficient (Wildman–Crippen LogP) is 2.89. The Balaban J connectivity index is 0.000000663. The molecule has 194 valence electrons. The largest absolute Gasteiger partial charge is 0.481 e. The molecule has 0 spiro atoms. The lowest BCUT2D eigenvalue weighted by molar-refractivity contribution is -0.150. The van der Waals surface area contributed by atoms with Gasteiger partial charge >= 0.3 is 17.9 Å². The van der Waals surface area contributed by atoms with Crippen LogP contribution in [0.25, 0.3) is 0 Å². The molecule has 0 saturated heterocycles. The summed E-state index contributed by atoms with van der Waals surface area (Å²) in [6, 6.07) is 6.33. The summed E-state index contributed by atoms with van der Waals surface area (Å²) in [5.41, 5.74) is 0.707. The smallest absolute Gasteiger partial charge is 0.309 e. The summed E-state index contributed by atoms with van der Waals surface area (Å²) in [5, 5.41) is 17.6. The van der Waals surface area contributed by atoms with Gasteiger partial charge in [0.25, 0.3) is 0 Å². The Labute approximate surface area is 208 Å². The van der Waals surface area contributed by atoms with Crippen molar-refractivity contribution < 1.29 is 43.7 Å². The summed E-state index contributed by atoms with van der Waals surface area (Å²) >= 11 is 0. The summed E-state index contributed by atoms with van der Waals surface area (Å²) < 4.78 is 4.48. The summed E-state index contributed by atoms with van der Waals surface area (Å²) in [6.07, 6.45) is 4.87. The van der Waals surface area contributed by atoms with E-state index < -0.39 is 36.2 Å². The van der Waals surface area contributed by atoms with Crippen LogP contribution in [0.5, 0.6) is 0 Å². The Hall–Kier alpha value is -4.28. The van der Waals surface area contributed by atoms with Crippen molar-refractivity contribution in [2.75, 3.05) is 7.11 Å². The molecule has 2 atom stereocenters. The normalized spacial score (nSPS) is 11.4. The molecule has 0 aliphatic carbocycles. The number of ketones is 3. The number of pyridine rings is 2. The van der Waals surface area contributed by atoms with Crippen molar-refractivity contribution in [3.63, 3.8) is 0 Å². The number of hydrogen-bond acceptors (Lipinski definition) is 9. The lowest BCUT2D eigenvalue weighted by atomic mass is 9.95. The fourth-order valence-corrected chi connectivity index (χ4v) is 2.95. The third-order valence-corrected chi connectivity index (χ3v) is 4.67. The number of hydrogen-bond donors (Lipinski definition) is 2. The van der Waals surface area contributed by atoms with E-state index in [2.05, 4.69) is 14.7 Å². The van der Waals surface area contributed by atoms with Gasteiger partial charge in [0.2, 0.25) is 0 Å². The number of ether oxygens (including phenoxy) is 1. The second kappa shape index (κ2) is 16.4. The first-order chi connectivity index (χ1) is 16.5. The van der Waals surface area contributed by atoms with Gasteiger partial charge in [-0.15, -0.1) is 0 Å². The van der Waals surface area contributed by atoms with E-state index in [0.29, 0.717) is 11.1 Å². The van der Waals surface area contributed by atoms with E-state index in [0.717, 1.165) is 7.11 Å². The lowest BCUT2D eigenvalue weighted by Gasteiger charge is -2.11. The highest BCUT2D eigenvalue weighted by Gasteiger charge is 2.26. The van der Waals surface area contributed by atoms with E-state index in [-0.39, 0.29) is 44.0 Å². The number of carbonyl (C=O) groups excluding carboxylic acids is 4. The number of methoxy groups -OCH3 is 1. The monoisotopic (exact) mass is 502 g/mol. The SMILES string of the molecule is C.CC(=O)CC(CC(=O)c1cccnc1)C(=O)O.COC(=O)C(CC(=O)O)CC(=O)c1cccnc1. The predicted molar refractivity (Wildman–Crippen MR) is 127 cm³/mol. The number of Topliss-reactive ketones (excluding diaryl/α,β-unsaturated/α-hetero) is 3. The average Bonchev–Trinajstić information content (AvgIpc) is 2.83. The third-order valence-electron chi connectivity index (χ3n) is 4.67. The summed E-state index contributed by atoms with van der Waals surface area (Å²) in [6.45, 7) is 1.31. The molecule has 2 rings (SSSR count). The minimum absolute atomic E-state index is 0. The highest BCUT2D eigenvalue weighted by molar-refractivity contribution is 5.99. The molecule has 0 radical (unpaired) electrons. The van der Waals surface area contributed by atoms with Gasteiger partial charge in [0.05, 0.1) is 25.4 Å². The Kier molecular flexibility index (Phi) is 14.4. The number of rotatable bonds is 12. The fourth-order valence-electron chi connectivity index (χ4n) is 2.95. The quantitative estimate of drug-likeness (QED) is 0.322. The zero-order chi connectivity index (χ0) is 26.4. The molecule has 0 bridgehead atoms. The number of esters is 1. The molecule has 36 heavy (non-hydrogen) atoms. The van der Waals surface area contributed by atoms with Crippen LogP contribution in [0.3, 0.4) is 0 Å². The van der Waals surface area contributed by atoms with Gasteiger partial charge in [-0.2, -0.15) is 0 Å². The van der Waals surface area contributed by atoms with Crippen LogP contribution < -0.4 is 0 Å². The Bertz CT molecular complexity index is 1040. The van der Waals surface area contributed by atoms with E-state index >= 15 is 0 Å².